The molecule has 0 bridgehead atoms. The molecular formula is C16H26F2O. The van der Waals surface area contributed by atoms with Crippen molar-refractivity contribution in [1.82, 2.24) is 0 Å². The monoisotopic (exact) mass is 272 g/mol. The van der Waals surface area contributed by atoms with Crippen molar-refractivity contribution >= 4 is 5.78 Å². The zero-order valence-electron chi connectivity index (χ0n) is 11.8. The van der Waals surface area contributed by atoms with E-state index in [9.17, 15) is 13.6 Å². The van der Waals surface area contributed by atoms with E-state index >= 15 is 0 Å². The Morgan fingerprint density at radius 1 is 0.895 bits per heavy atom. The SMILES string of the molecule is O=C(CC1CCCCCC1)CC1CCCC(F)(F)C1. The van der Waals surface area contributed by atoms with Crippen molar-refractivity contribution in [2.45, 2.75) is 83.0 Å². The van der Waals surface area contributed by atoms with Crippen LogP contribution in [-0.2, 0) is 4.79 Å². The van der Waals surface area contributed by atoms with Crippen molar-refractivity contribution < 1.29 is 13.6 Å². The molecule has 3 heteroatoms. The summed E-state index contributed by atoms with van der Waals surface area (Å²) in [4.78, 5) is 12.1. The number of carbonyl (C=O) groups excluding carboxylic acids is 1. The molecule has 2 aliphatic rings. The number of rotatable bonds is 4. The van der Waals surface area contributed by atoms with E-state index in [1.54, 1.807) is 0 Å². The van der Waals surface area contributed by atoms with Crippen molar-refractivity contribution in [1.29, 1.82) is 0 Å². The first-order valence-electron chi connectivity index (χ1n) is 7.95. The maximum Gasteiger partial charge on any atom is 0.248 e. The molecule has 1 atom stereocenters. The molecule has 19 heavy (non-hydrogen) atoms. The van der Waals surface area contributed by atoms with E-state index in [1.807, 2.05) is 0 Å². The Labute approximate surface area is 115 Å². The molecule has 0 radical (unpaired) electrons. The van der Waals surface area contributed by atoms with Crippen LogP contribution in [0.15, 0.2) is 0 Å². The van der Waals surface area contributed by atoms with E-state index in [0.29, 0.717) is 25.2 Å². The molecule has 0 N–H and O–H groups in total. The molecule has 0 amide bonds. The van der Waals surface area contributed by atoms with E-state index in [4.69, 9.17) is 0 Å². The molecule has 1 unspecified atom stereocenters. The third-order valence-corrected chi connectivity index (χ3v) is 4.75. The first-order chi connectivity index (χ1) is 9.05. The summed E-state index contributed by atoms with van der Waals surface area (Å²) in [6.07, 6.45) is 9.75. The molecular weight excluding hydrogens is 246 g/mol. The Kier molecular flexibility index (Phi) is 5.35. The van der Waals surface area contributed by atoms with Crippen LogP contribution in [0.25, 0.3) is 0 Å². The predicted octanol–water partition coefficient (Wildman–Crippen LogP) is 5.13. The molecule has 0 spiro atoms. The summed E-state index contributed by atoms with van der Waals surface area (Å²) in [6.45, 7) is 0. The van der Waals surface area contributed by atoms with Gasteiger partial charge in [-0.25, -0.2) is 8.78 Å². The van der Waals surface area contributed by atoms with Crippen LogP contribution in [0.2, 0.25) is 0 Å². The number of ketones is 1. The van der Waals surface area contributed by atoms with Gasteiger partial charge in [-0.3, -0.25) is 4.79 Å². The fourth-order valence-corrected chi connectivity index (χ4v) is 3.75. The van der Waals surface area contributed by atoms with Gasteiger partial charge < -0.3 is 0 Å². The lowest BCUT2D eigenvalue weighted by molar-refractivity contribution is -0.122. The van der Waals surface area contributed by atoms with Crippen LogP contribution in [0.5, 0.6) is 0 Å². The van der Waals surface area contributed by atoms with E-state index < -0.39 is 5.92 Å². The van der Waals surface area contributed by atoms with Gasteiger partial charge in [-0.15, -0.1) is 0 Å². The molecule has 2 fully saturated rings. The van der Waals surface area contributed by atoms with Crippen molar-refractivity contribution in [2.24, 2.45) is 11.8 Å². The average Bonchev–Trinajstić information content (AvgIpc) is 2.56. The zero-order chi connectivity index (χ0) is 13.7. The number of halogens is 2. The Morgan fingerprint density at radius 3 is 2.11 bits per heavy atom. The number of hydrogen-bond donors (Lipinski definition) is 0. The van der Waals surface area contributed by atoms with Crippen LogP contribution in [0.3, 0.4) is 0 Å². The zero-order valence-corrected chi connectivity index (χ0v) is 11.8. The molecule has 2 saturated carbocycles. The first kappa shape index (κ1) is 14.9. The molecule has 0 aromatic rings. The van der Waals surface area contributed by atoms with Gasteiger partial charge in [0.15, 0.2) is 0 Å². The Balaban J connectivity index is 1.74. The Morgan fingerprint density at radius 2 is 1.47 bits per heavy atom. The van der Waals surface area contributed by atoms with E-state index in [2.05, 4.69) is 0 Å². The van der Waals surface area contributed by atoms with Gasteiger partial charge in [-0.05, 0) is 24.7 Å². The molecule has 0 aromatic carbocycles. The largest absolute Gasteiger partial charge is 0.300 e. The standard InChI is InChI=1S/C16H26F2O/c17-16(18)9-5-8-14(12-16)11-15(19)10-13-6-3-1-2-4-7-13/h13-14H,1-12H2. The summed E-state index contributed by atoms with van der Waals surface area (Å²) < 4.78 is 26.6. The number of alkyl halides is 2. The maximum atomic E-state index is 13.3. The minimum Gasteiger partial charge on any atom is -0.300 e. The fraction of sp³-hybridized carbons (Fsp3) is 0.938. The van der Waals surface area contributed by atoms with E-state index in [1.165, 1.54) is 25.7 Å². The molecule has 0 saturated heterocycles. The van der Waals surface area contributed by atoms with Crippen LogP contribution >= 0.6 is 0 Å². The molecule has 2 rings (SSSR count). The molecule has 2 aliphatic carbocycles. The van der Waals surface area contributed by atoms with Crippen LogP contribution in [0.4, 0.5) is 8.78 Å². The average molecular weight is 272 g/mol. The van der Waals surface area contributed by atoms with Crippen LogP contribution in [0, 0.1) is 11.8 Å². The highest BCUT2D eigenvalue weighted by Gasteiger charge is 2.36. The Hall–Kier alpha value is -0.470. The third-order valence-electron chi connectivity index (χ3n) is 4.75. The highest BCUT2D eigenvalue weighted by Crippen LogP contribution is 2.38. The van der Waals surface area contributed by atoms with Crippen LogP contribution in [-0.4, -0.2) is 11.7 Å². The van der Waals surface area contributed by atoms with Crippen molar-refractivity contribution in [3.8, 4) is 0 Å². The number of hydrogen-bond acceptors (Lipinski definition) is 1. The highest BCUT2D eigenvalue weighted by atomic mass is 19.3. The van der Waals surface area contributed by atoms with Gasteiger partial charge in [0.1, 0.15) is 5.78 Å². The smallest absolute Gasteiger partial charge is 0.248 e. The lowest BCUT2D eigenvalue weighted by Gasteiger charge is -2.28. The molecule has 0 aromatic heterocycles. The van der Waals surface area contributed by atoms with E-state index in [-0.39, 0.29) is 24.5 Å². The summed E-state index contributed by atoms with van der Waals surface area (Å²) in [5.41, 5.74) is 0. The summed E-state index contributed by atoms with van der Waals surface area (Å²) in [6, 6.07) is 0. The van der Waals surface area contributed by atoms with Crippen molar-refractivity contribution in [3.63, 3.8) is 0 Å². The Bertz CT molecular complexity index is 293. The van der Waals surface area contributed by atoms with Gasteiger partial charge >= 0.3 is 0 Å². The number of Topliss-reactive ketones (excluding diaryl/α,β-unsaturated/α-hetero) is 1. The van der Waals surface area contributed by atoms with Gasteiger partial charge in [0.25, 0.3) is 0 Å². The quantitative estimate of drug-likeness (QED) is 0.648. The topological polar surface area (TPSA) is 17.1 Å². The lowest BCUT2D eigenvalue weighted by atomic mass is 9.82. The van der Waals surface area contributed by atoms with Gasteiger partial charge in [-0.1, -0.05) is 38.5 Å². The number of carbonyl (C=O) groups is 1. The molecule has 110 valence electrons. The molecule has 1 nitrogen and oxygen atoms in total. The van der Waals surface area contributed by atoms with Gasteiger partial charge in [0.05, 0.1) is 0 Å². The van der Waals surface area contributed by atoms with Crippen LogP contribution < -0.4 is 0 Å². The fourth-order valence-electron chi connectivity index (χ4n) is 3.75. The summed E-state index contributed by atoms with van der Waals surface area (Å²) >= 11 is 0. The predicted molar refractivity (Wildman–Crippen MR) is 72.3 cm³/mol. The second kappa shape index (κ2) is 6.81. The normalized spacial score (nSPS) is 28.8. The van der Waals surface area contributed by atoms with Crippen molar-refractivity contribution in [3.05, 3.63) is 0 Å². The third kappa shape index (κ3) is 5.19. The summed E-state index contributed by atoms with van der Waals surface area (Å²) in [7, 11) is 0. The molecule has 0 heterocycles. The van der Waals surface area contributed by atoms with E-state index in [0.717, 1.165) is 19.3 Å². The first-order valence-corrected chi connectivity index (χ1v) is 7.95. The van der Waals surface area contributed by atoms with Gasteiger partial charge in [0.2, 0.25) is 5.92 Å². The van der Waals surface area contributed by atoms with Gasteiger partial charge in [-0.2, -0.15) is 0 Å². The second-order valence-corrected chi connectivity index (χ2v) is 6.62. The minimum absolute atomic E-state index is 0.0142. The maximum absolute atomic E-state index is 13.3. The van der Waals surface area contributed by atoms with Gasteiger partial charge in [0, 0.05) is 25.7 Å². The summed E-state index contributed by atoms with van der Waals surface area (Å²) in [5.74, 6) is -1.83. The highest BCUT2D eigenvalue weighted by molar-refractivity contribution is 5.78. The second-order valence-electron chi connectivity index (χ2n) is 6.62. The lowest BCUT2D eigenvalue weighted by Crippen LogP contribution is -2.27. The minimum atomic E-state index is -2.52. The van der Waals surface area contributed by atoms with Crippen LogP contribution in [0.1, 0.15) is 77.0 Å². The summed E-state index contributed by atoms with van der Waals surface area (Å²) in [5, 5.41) is 0. The van der Waals surface area contributed by atoms with Crippen molar-refractivity contribution in [2.75, 3.05) is 0 Å². The molecule has 0 aliphatic heterocycles.